The largest absolute Gasteiger partial charge is 0.468 e. The van der Waals surface area contributed by atoms with Gasteiger partial charge in [0.15, 0.2) is 0 Å². The second kappa shape index (κ2) is 5.56. The smallest absolute Gasteiger partial charge is 0.410 e. The van der Waals surface area contributed by atoms with Crippen LogP contribution >= 0.6 is 0 Å². The fraction of sp³-hybridized carbons (Fsp3) is 0.833. The van der Waals surface area contributed by atoms with Crippen LogP contribution in [0.15, 0.2) is 0 Å². The van der Waals surface area contributed by atoms with E-state index in [0.717, 1.165) is 0 Å². The summed E-state index contributed by atoms with van der Waals surface area (Å²) in [6.45, 7) is 6.45. The minimum atomic E-state index is -0.678. The highest BCUT2D eigenvalue weighted by Gasteiger charge is 2.35. The molecule has 18 heavy (non-hydrogen) atoms. The third kappa shape index (κ3) is 3.87. The van der Waals surface area contributed by atoms with Gasteiger partial charge in [-0.1, -0.05) is 0 Å². The zero-order valence-electron chi connectivity index (χ0n) is 11.4. The molecule has 2 N–H and O–H groups in total. The molecule has 0 saturated carbocycles. The molecule has 0 spiro atoms. The van der Waals surface area contributed by atoms with Crippen molar-refractivity contribution in [1.82, 2.24) is 4.90 Å². The summed E-state index contributed by atoms with van der Waals surface area (Å²) < 4.78 is 9.87. The Morgan fingerprint density at radius 2 is 2.00 bits per heavy atom. The molecule has 6 nitrogen and oxygen atoms in total. The Labute approximate surface area is 107 Å². The third-order valence-electron chi connectivity index (χ3n) is 2.86. The summed E-state index contributed by atoms with van der Waals surface area (Å²) in [4.78, 5) is 24.7. The van der Waals surface area contributed by atoms with Crippen molar-refractivity contribution >= 4 is 12.1 Å². The van der Waals surface area contributed by atoms with E-state index in [1.807, 2.05) is 20.8 Å². The van der Waals surface area contributed by atoms with Crippen LogP contribution in [-0.4, -0.2) is 48.8 Å². The van der Waals surface area contributed by atoms with Crippen LogP contribution in [0.1, 0.15) is 27.2 Å². The number of esters is 1. The van der Waals surface area contributed by atoms with Crippen LogP contribution < -0.4 is 5.73 Å². The first-order chi connectivity index (χ1) is 8.24. The number of methoxy groups -OCH3 is 1. The molecule has 2 atom stereocenters. The number of carbonyl (C=O) groups is 2. The first-order valence-corrected chi connectivity index (χ1v) is 6.06. The van der Waals surface area contributed by atoms with Crippen LogP contribution in [0.2, 0.25) is 0 Å². The molecule has 0 unspecified atom stereocenters. The molecule has 0 radical (unpaired) electrons. The maximum atomic E-state index is 11.8. The maximum Gasteiger partial charge on any atom is 0.410 e. The SMILES string of the molecule is COC(=O)[C@@H](N)[C@H]1CCN(C(=O)OC(C)(C)C)C1. The van der Waals surface area contributed by atoms with Crippen molar-refractivity contribution in [3.05, 3.63) is 0 Å². The number of nitrogens with zero attached hydrogens (tertiary/aromatic N) is 1. The summed E-state index contributed by atoms with van der Waals surface area (Å²) in [5.41, 5.74) is 5.26. The van der Waals surface area contributed by atoms with Gasteiger partial charge in [-0.05, 0) is 27.2 Å². The van der Waals surface area contributed by atoms with Crippen LogP contribution in [-0.2, 0) is 14.3 Å². The molecule has 0 aromatic heterocycles. The maximum absolute atomic E-state index is 11.8. The van der Waals surface area contributed by atoms with Crippen LogP contribution in [0.25, 0.3) is 0 Å². The Kier molecular flexibility index (Phi) is 4.56. The first kappa shape index (κ1) is 14.8. The third-order valence-corrected chi connectivity index (χ3v) is 2.86. The topological polar surface area (TPSA) is 81.9 Å². The Morgan fingerprint density at radius 1 is 1.39 bits per heavy atom. The van der Waals surface area contributed by atoms with E-state index in [2.05, 4.69) is 4.74 Å². The van der Waals surface area contributed by atoms with Gasteiger partial charge in [0.1, 0.15) is 11.6 Å². The van der Waals surface area contributed by atoms with Gasteiger partial charge in [0.25, 0.3) is 0 Å². The van der Waals surface area contributed by atoms with Gasteiger partial charge in [0, 0.05) is 19.0 Å². The Hall–Kier alpha value is -1.30. The lowest BCUT2D eigenvalue weighted by molar-refractivity contribution is -0.143. The lowest BCUT2D eigenvalue weighted by Crippen LogP contribution is -2.41. The molecule has 1 fully saturated rings. The van der Waals surface area contributed by atoms with Gasteiger partial charge in [-0.15, -0.1) is 0 Å². The number of hydrogen-bond acceptors (Lipinski definition) is 5. The summed E-state index contributed by atoms with van der Waals surface area (Å²) in [5.74, 6) is -0.504. The number of amides is 1. The minimum Gasteiger partial charge on any atom is -0.468 e. The summed E-state index contributed by atoms with van der Waals surface area (Å²) in [7, 11) is 1.31. The molecule has 0 aliphatic carbocycles. The van der Waals surface area contributed by atoms with Crippen LogP contribution in [0, 0.1) is 5.92 Å². The van der Waals surface area contributed by atoms with Crippen LogP contribution in [0.4, 0.5) is 4.79 Å². The monoisotopic (exact) mass is 258 g/mol. The average Bonchev–Trinajstić information content (AvgIpc) is 2.73. The molecule has 0 aromatic carbocycles. The molecule has 0 bridgehead atoms. The molecule has 1 saturated heterocycles. The fourth-order valence-electron chi connectivity index (χ4n) is 1.90. The second-order valence-electron chi connectivity index (χ2n) is 5.52. The van der Waals surface area contributed by atoms with Gasteiger partial charge in [-0.3, -0.25) is 4.79 Å². The number of ether oxygens (including phenoxy) is 2. The molecule has 1 amide bonds. The van der Waals surface area contributed by atoms with Gasteiger partial charge >= 0.3 is 12.1 Å². The Balaban J connectivity index is 2.51. The normalized spacial score (nSPS) is 21.6. The van der Waals surface area contributed by atoms with Crippen LogP contribution in [0.3, 0.4) is 0 Å². The molecule has 1 heterocycles. The van der Waals surface area contributed by atoms with Crippen molar-refractivity contribution < 1.29 is 19.1 Å². The highest BCUT2D eigenvalue weighted by Crippen LogP contribution is 2.21. The van der Waals surface area contributed by atoms with Gasteiger partial charge < -0.3 is 20.1 Å². The highest BCUT2D eigenvalue weighted by molar-refractivity contribution is 5.76. The molecular formula is C12H22N2O4. The molecule has 1 aliphatic rings. The zero-order valence-corrected chi connectivity index (χ0v) is 11.4. The summed E-state index contributed by atoms with van der Waals surface area (Å²) in [5, 5.41) is 0. The fourth-order valence-corrected chi connectivity index (χ4v) is 1.90. The summed E-state index contributed by atoms with van der Waals surface area (Å²) in [6.07, 6.45) is 0.331. The van der Waals surface area contributed by atoms with E-state index < -0.39 is 17.6 Å². The van der Waals surface area contributed by atoms with Gasteiger partial charge in [-0.2, -0.15) is 0 Å². The van der Waals surface area contributed by atoms with E-state index in [0.29, 0.717) is 19.5 Å². The molecule has 0 aromatic rings. The Bertz CT molecular complexity index is 325. The minimum absolute atomic E-state index is 0.0648. The van der Waals surface area contributed by atoms with E-state index in [1.165, 1.54) is 7.11 Å². The van der Waals surface area contributed by atoms with E-state index >= 15 is 0 Å². The van der Waals surface area contributed by atoms with Gasteiger partial charge in [0.05, 0.1) is 7.11 Å². The van der Waals surface area contributed by atoms with Crippen molar-refractivity contribution in [1.29, 1.82) is 0 Å². The van der Waals surface area contributed by atoms with Crippen LogP contribution in [0.5, 0.6) is 0 Å². The molecule has 6 heteroatoms. The summed E-state index contributed by atoms with van der Waals surface area (Å²) in [6, 6.07) is -0.678. The number of rotatable bonds is 2. The lowest BCUT2D eigenvalue weighted by Gasteiger charge is -2.24. The van der Waals surface area contributed by atoms with E-state index in [1.54, 1.807) is 4.90 Å². The predicted octanol–water partition coefficient (Wildman–Crippen LogP) is 0.744. The molecular weight excluding hydrogens is 236 g/mol. The standard InChI is InChI=1S/C12H22N2O4/c1-12(2,3)18-11(16)14-6-5-8(7-14)9(13)10(15)17-4/h8-9H,5-7,13H2,1-4H3/t8-,9-/m0/s1. The van der Waals surface area contributed by atoms with E-state index in [9.17, 15) is 9.59 Å². The van der Waals surface area contributed by atoms with Gasteiger partial charge in [-0.25, -0.2) is 4.79 Å². The van der Waals surface area contributed by atoms with E-state index in [-0.39, 0.29) is 12.0 Å². The molecule has 1 aliphatic heterocycles. The number of carbonyl (C=O) groups excluding carboxylic acids is 2. The highest BCUT2D eigenvalue weighted by atomic mass is 16.6. The van der Waals surface area contributed by atoms with Crippen molar-refractivity contribution in [2.75, 3.05) is 20.2 Å². The summed E-state index contributed by atoms with van der Waals surface area (Å²) >= 11 is 0. The predicted molar refractivity (Wildman–Crippen MR) is 65.9 cm³/mol. The quantitative estimate of drug-likeness (QED) is 0.739. The van der Waals surface area contributed by atoms with Crippen molar-refractivity contribution in [2.45, 2.75) is 38.8 Å². The number of nitrogens with two attached hydrogens (primary N) is 1. The number of hydrogen-bond donors (Lipinski definition) is 1. The van der Waals surface area contributed by atoms with Gasteiger partial charge in [0.2, 0.25) is 0 Å². The van der Waals surface area contributed by atoms with Crippen molar-refractivity contribution in [3.8, 4) is 0 Å². The van der Waals surface area contributed by atoms with E-state index in [4.69, 9.17) is 10.5 Å². The molecule has 104 valence electrons. The lowest BCUT2D eigenvalue weighted by atomic mass is 10.0. The zero-order chi connectivity index (χ0) is 13.9. The Morgan fingerprint density at radius 3 is 2.50 bits per heavy atom. The van der Waals surface area contributed by atoms with Crippen molar-refractivity contribution in [3.63, 3.8) is 0 Å². The number of likely N-dealkylation sites (tertiary alicyclic amines) is 1. The second-order valence-corrected chi connectivity index (χ2v) is 5.52. The molecule has 1 rings (SSSR count). The van der Waals surface area contributed by atoms with Crippen molar-refractivity contribution in [2.24, 2.45) is 11.7 Å². The first-order valence-electron chi connectivity index (χ1n) is 6.06. The average molecular weight is 258 g/mol.